The van der Waals surface area contributed by atoms with Gasteiger partial charge in [0.25, 0.3) is 5.56 Å². The highest BCUT2D eigenvalue weighted by Gasteiger charge is 2.41. The van der Waals surface area contributed by atoms with Crippen LogP contribution in [0.3, 0.4) is 0 Å². The average Bonchev–Trinajstić information content (AvgIpc) is 3.00. The van der Waals surface area contributed by atoms with Crippen LogP contribution in [0.5, 0.6) is 0 Å². The predicted molar refractivity (Wildman–Crippen MR) is 175 cm³/mol. The number of hydrogen-bond acceptors (Lipinski definition) is 4. The summed E-state index contributed by atoms with van der Waals surface area (Å²) in [5.74, 6) is -7.08. The maximum absolute atomic E-state index is 16.5. The summed E-state index contributed by atoms with van der Waals surface area (Å²) in [6.45, 7) is 10.3. The van der Waals surface area contributed by atoms with Gasteiger partial charge in [-0.3, -0.25) is 14.4 Å². The van der Waals surface area contributed by atoms with E-state index in [1.807, 2.05) is 0 Å². The Morgan fingerprint density at radius 1 is 0.941 bits per heavy atom. The monoisotopic (exact) mass is 731 g/mol. The number of amides is 1. The van der Waals surface area contributed by atoms with Gasteiger partial charge in [-0.1, -0.05) is 32.9 Å². The van der Waals surface area contributed by atoms with Crippen LogP contribution < -0.4 is 10.9 Å². The first-order valence-electron chi connectivity index (χ1n) is 16.2. The molecule has 3 rings (SSSR count). The fourth-order valence-corrected chi connectivity index (χ4v) is 5.95. The van der Waals surface area contributed by atoms with Crippen LogP contribution in [-0.4, -0.2) is 46.6 Å². The number of likely N-dealkylation sites (N-methyl/N-ethyl adjacent to an activating group) is 1. The van der Waals surface area contributed by atoms with Gasteiger partial charge in [-0.2, -0.15) is 26.3 Å². The van der Waals surface area contributed by atoms with Crippen molar-refractivity contribution in [1.29, 1.82) is 0 Å². The second-order valence-electron chi connectivity index (χ2n) is 13.1. The number of benzene rings is 2. The van der Waals surface area contributed by atoms with Gasteiger partial charge in [-0.15, -0.1) is 0 Å². The fourth-order valence-electron chi connectivity index (χ4n) is 5.95. The Labute approximate surface area is 290 Å². The lowest BCUT2D eigenvalue weighted by atomic mass is 9.87. The standard InChI is InChI=1S/C36H41F8N3O4/c1-8-46(7)12-11-22-17-47(28(48)15-24(22)35(39,40)41)27(13-18(2)3)34(51)45-26(16-29(49)50)31-32(37)23(14-25(33(31)38)36(42,43)44)30-20(5)10-9-19(4)21(30)6/h9-10,14-15,17-18,26-27H,8,11-13,16H2,1-7H3,(H,45,51)(H,49,50). The van der Waals surface area contributed by atoms with Crippen molar-refractivity contribution in [2.45, 2.75) is 85.2 Å². The van der Waals surface area contributed by atoms with Gasteiger partial charge < -0.3 is 19.9 Å². The minimum absolute atomic E-state index is 0.00916. The van der Waals surface area contributed by atoms with Crippen LogP contribution in [0.4, 0.5) is 35.1 Å². The van der Waals surface area contributed by atoms with Crippen molar-refractivity contribution >= 4 is 11.9 Å². The van der Waals surface area contributed by atoms with Gasteiger partial charge in [0.2, 0.25) is 5.91 Å². The molecule has 1 aromatic heterocycles. The molecule has 0 aliphatic rings. The van der Waals surface area contributed by atoms with Gasteiger partial charge in [0.05, 0.1) is 23.6 Å². The quantitative estimate of drug-likeness (QED) is 0.173. The first-order valence-corrected chi connectivity index (χ1v) is 16.2. The number of aliphatic carboxylic acids is 1. The highest BCUT2D eigenvalue weighted by Crippen LogP contribution is 2.42. The summed E-state index contributed by atoms with van der Waals surface area (Å²) in [4.78, 5) is 40.8. The smallest absolute Gasteiger partial charge is 0.419 e. The molecule has 3 aromatic rings. The highest BCUT2D eigenvalue weighted by molar-refractivity contribution is 5.82. The largest absolute Gasteiger partial charge is 0.481 e. The number of aromatic nitrogens is 1. The van der Waals surface area contributed by atoms with Crippen molar-refractivity contribution < 1.29 is 49.8 Å². The number of pyridine rings is 1. The van der Waals surface area contributed by atoms with Crippen LogP contribution in [0.1, 0.15) is 84.6 Å². The second-order valence-corrected chi connectivity index (χ2v) is 13.1. The number of carbonyl (C=O) groups is 2. The topological polar surface area (TPSA) is 91.6 Å². The van der Waals surface area contributed by atoms with Crippen LogP contribution in [0.25, 0.3) is 11.1 Å². The molecule has 1 heterocycles. The molecule has 0 fully saturated rings. The molecule has 7 nitrogen and oxygen atoms in total. The van der Waals surface area contributed by atoms with Gasteiger partial charge >= 0.3 is 18.3 Å². The molecule has 0 spiro atoms. The van der Waals surface area contributed by atoms with Crippen LogP contribution in [0, 0.1) is 38.3 Å². The number of halogens is 8. The SMILES string of the molecule is CCN(C)CCc1cn(C(CC(C)C)C(=O)NC(CC(=O)O)c2c(F)c(-c3c(C)ccc(C)c3C)cc(C(F)(F)F)c2F)c(=O)cc1C(F)(F)F. The van der Waals surface area contributed by atoms with E-state index in [2.05, 4.69) is 5.32 Å². The Bertz CT molecular complexity index is 1830. The summed E-state index contributed by atoms with van der Waals surface area (Å²) in [5, 5.41) is 11.9. The van der Waals surface area contributed by atoms with Crippen LogP contribution in [0.15, 0.2) is 35.3 Å². The number of nitrogens with zero attached hydrogens (tertiary/aromatic N) is 2. The Morgan fingerprint density at radius 2 is 1.53 bits per heavy atom. The number of carboxylic acid groups (broad SMARTS) is 1. The number of alkyl halides is 6. The third-order valence-corrected chi connectivity index (χ3v) is 8.90. The van der Waals surface area contributed by atoms with Gasteiger partial charge in [-0.05, 0) is 87.0 Å². The average molecular weight is 732 g/mol. The predicted octanol–water partition coefficient (Wildman–Crippen LogP) is 8.17. The van der Waals surface area contributed by atoms with Crippen molar-refractivity contribution in [3.63, 3.8) is 0 Å². The molecule has 0 radical (unpaired) electrons. The summed E-state index contributed by atoms with van der Waals surface area (Å²) in [5.41, 5.74) is -5.45. The van der Waals surface area contributed by atoms with E-state index in [-0.39, 0.29) is 30.5 Å². The van der Waals surface area contributed by atoms with E-state index in [9.17, 15) is 45.8 Å². The zero-order valence-corrected chi connectivity index (χ0v) is 29.2. The van der Waals surface area contributed by atoms with Crippen molar-refractivity contribution in [3.8, 4) is 11.1 Å². The molecule has 0 aliphatic carbocycles. The summed E-state index contributed by atoms with van der Waals surface area (Å²) in [6, 6.07) is -0.0719. The normalized spacial score (nSPS) is 13.5. The highest BCUT2D eigenvalue weighted by atomic mass is 19.4. The van der Waals surface area contributed by atoms with Crippen LogP contribution in [0.2, 0.25) is 0 Å². The van der Waals surface area contributed by atoms with Crippen LogP contribution in [-0.2, 0) is 28.4 Å². The van der Waals surface area contributed by atoms with Crippen molar-refractivity contribution in [2.75, 3.05) is 20.1 Å². The van der Waals surface area contributed by atoms with Gasteiger partial charge in [0, 0.05) is 29.9 Å². The molecular weight excluding hydrogens is 690 g/mol. The minimum atomic E-state index is -5.37. The molecule has 0 aliphatic heterocycles. The maximum atomic E-state index is 16.5. The van der Waals surface area contributed by atoms with E-state index in [0.29, 0.717) is 35.4 Å². The number of aryl methyl sites for hydroxylation is 2. The van der Waals surface area contributed by atoms with Crippen molar-refractivity contribution in [1.82, 2.24) is 14.8 Å². The Hall–Kier alpha value is -4.27. The van der Waals surface area contributed by atoms with Crippen molar-refractivity contribution in [2.24, 2.45) is 5.92 Å². The number of nitrogens with one attached hydrogen (secondary N) is 1. The molecule has 2 atom stereocenters. The first kappa shape index (κ1) is 41.2. The summed E-state index contributed by atoms with van der Waals surface area (Å²) in [6.07, 6.45) is -11.1. The lowest BCUT2D eigenvalue weighted by Gasteiger charge is -2.28. The van der Waals surface area contributed by atoms with Crippen LogP contribution >= 0.6 is 0 Å². The fraction of sp³-hybridized carbons (Fsp3) is 0.472. The van der Waals surface area contributed by atoms with Gasteiger partial charge in [0.1, 0.15) is 17.7 Å². The molecule has 280 valence electrons. The molecule has 2 aromatic carbocycles. The molecule has 0 saturated heterocycles. The molecule has 2 N–H and O–H groups in total. The lowest BCUT2D eigenvalue weighted by molar-refractivity contribution is -0.140. The third-order valence-electron chi connectivity index (χ3n) is 8.90. The summed E-state index contributed by atoms with van der Waals surface area (Å²) >= 11 is 0. The molecule has 1 amide bonds. The number of carbonyl (C=O) groups excluding carboxylic acids is 1. The minimum Gasteiger partial charge on any atom is -0.481 e. The molecule has 51 heavy (non-hydrogen) atoms. The number of carboxylic acids is 1. The lowest BCUT2D eigenvalue weighted by Crippen LogP contribution is -2.41. The summed E-state index contributed by atoms with van der Waals surface area (Å²) in [7, 11) is 1.67. The zero-order chi connectivity index (χ0) is 38.7. The molecule has 0 bridgehead atoms. The Morgan fingerprint density at radius 3 is 2.06 bits per heavy atom. The second kappa shape index (κ2) is 16.0. The van der Waals surface area contributed by atoms with E-state index < -0.39 is 88.1 Å². The number of hydrogen-bond donors (Lipinski definition) is 2. The first-order chi connectivity index (χ1) is 23.5. The van der Waals surface area contributed by atoms with E-state index >= 15 is 8.78 Å². The van der Waals surface area contributed by atoms with Gasteiger partial charge in [0.15, 0.2) is 0 Å². The summed E-state index contributed by atoms with van der Waals surface area (Å²) < 4.78 is 118. The molecular formula is C36H41F8N3O4. The number of rotatable bonds is 13. The van der Waals surface area contributed by atoms with E-state index in [4.69, 9.17) is 0 Å². The van der Waals surface area contributed by atoms with E-state index in [1.165, 1.54) is 19.9 Å². The third kappa shape index (κ3) is 9.54. The van der Waals surface area contributed by atoms with Gasteiger partial charge in [-0.25, -0.2) is 8.78 Å². The molecule has 2 unspecified atom stereocenters. The Kier molecular flexibility index (Phi) is 12.9. The Balaban J connectivity index is 2.29. The van der Waals surface area contributed by atoms with E-state index in [0.717, 1.165) is 10.8 Å². The van der Waals surface area contributed by atoms with Crippen molar-refractivity contribution in [3.05, 3.63) is 91.4 Å². The van der Waals surface area contributed by atoms with E-state index in [1.54, 1.807) is 45.7 Å². The maximum Gasteiger partial charge on any atom is 0.419 e. The molecule has 15 heteroatoms. The molecule has 0 saturated carbocycles. The zero-order valence-electron chi connectivity index (χ0n) is 29.2.